The predicted octanol–water partition coefficient (Wildman–Crippen LogP) is 3.52. The molecule has 0 fully saturated rings. The molecule has 2 aromatic carbocycles. The summed E-state index contributed by atoms with van der Waals surface area (Å²) >= 11 is 3.37. The fourth-order valence-corrected chi connectivity index (χ4v) is 1.98. The molecule has 4 heteroatoms. The van der Waals surface area contributed by atoms with E-state index in [-0.39, 0.29) is 11.7 Å². The molecule has 2 aromatic rings. The summed E-state index contributed by atoms with van der Waals surface area (Å²) in [6.07, 6.45) is 0. The summed E-state index contributed by atoms with van der Waals surface area (Å²) in [7, 11) is 0. The first kappa shape index (κ1) is 12.8. The third kappa shape index (κ3) is 3.40. The first-order valence-corrected chi connectivity index (χ1v) is 6.22. The number of carbonyl (C=O) groups excluding carboxylic acids is 1. The standard InChI is InChI=1S/C14H11BrFNO/c15-12-3-1-2-10(8-12)9-17-14(18)11-4-6-13(16)7-5-11/h1-8H,9H2,(H,17,18). The molecule has 1 amide bonds. The SMILES string of the molecule is O=C(NCc1cccc(Br)c1)c1ccc(F)cc1. The zero-order valence-corrected chi connectivity index (χ0v) is 11.1. The van der Waals surface area contributed by atoms with E-state index in [0.29, 0.717) is 12.1 Å². The Balaban J connectivity index is 1.98. The number of nitrogens with one attached hydrogen (secondary N) is 1. The average Bonchev–Trinajstić information content (AvgIpc) is 2.37. The van der Waals surface area contributed by atoms with Crippen LogP contribution in [-0.2, 0) is 6.54 Å². The van der Waals surface area contributed by atoms with Crippen LogP contribution in [-0.4, -0.2) is 5.91 Å². The molecule has 0 aliphatic heterocycles. The van der Waals surface area contributed by atoms with Gasteiger partial charge in [0.25, 0.3) is 5.91 Å². The second-order valence-electron chi connectivity index (χ2n) is 3.82. The second-order valence-corrected chi connectivity index (χ2v) is 4.74. The molecule has 92 valence electrons. The van der Waals surface area contributed by atoms with Gasteiger partial charge in [-0.25, -0.2) is 4.39 Å². The summed E-state index contributed by atoms with van der Waals surface area (Å²) < 4.78 is 13.7. The van der Waals surface area contributed by atoms with Gasteiger partial charge in [-0.05, 0) is 42.0 Å². The van der Waals surface area contributed by atoms with Gasteiger partial charge >= 0.3 is 0 Å². The highest BCUT2D eigenvalue weighted by molar-refractivity contribution is 9.10. The fourth-order valence-electron chi connectivity index (χ4n) is 1.53. The van der Waals surface area contributed by atoms with Crippen LogP contribution in [0.25, 0.3) is 0 Å². The Morgan fingerprint density at radius 1 is 1.17 bits per heavy atom. The van der Waals surface area contributed by atoms with Crippen molar-refractivity contribution in [1.29, 1.82) is 0 Å². The molecule has 0 aliphatic rings. The summed E-state index contributed by atoms with van der Waals surface area (Å²) in [4.78, 5) is 11.8. The maximum Gasteiger partial charge on any atom is 0.251 e. The van der Waals surface area contributed by atoms with E-state index >= 15 is 0 Å². The fraction of sp³-hybridized carbons (Fsp3) is 0.0714. The first-order valence-electron chi connectivity index (χ1n) is 5.43. The third-order valence-corrected chi connectivity index (χ3v) is 2.94. The monoisotopic (exact) mass is 307 g/mol. The summed E-state index contributed by atoms with van der Waals surface area (Å²) in [5, 5.41) is 2.78. The van der Waals surface area contributed by atoms with E-state index in [9.17, 15) is 9.18 Å². The summed E-state index contributed by atoms with van der Waals surface area (Å²) in [5.41, 5.74) is 1.45. The highest BCUT2D eigenvalue weighted by atomic mass is 79.9. The molecule has 0 radical (unpaired) electrons. The molecule has 2 nitrogen and oxygen atoms in total. The summed E-state index contributed by atoms with van der Waals surface area (Å²) in [6.45, 7) is 0.440. The summed E-state index contributed by atoms with van der Waals surface area (Å²) in [6, 6.07) is 13.2. The molecule has 0 unspecified atom stereocenters. The number of hydrogen-bond acceptors (Lipinski definition) is 1. The first-order chi connectivity index (χ1) is 8.65. The molecule has 0 bridgehead atoms. The normalized spacial score (nSPS) is 10.1. The Bertz CT molecular complexity index is 554. The van der Waals surface area contributed by atoms with Gasteiger partial charge in [0, 0.05) is 16.6 Å². The van der Waals surface area contributed by atoms with Crippen molar-refractivity contribution in [2.45, 2.75) is 6.54 Å². The van der Waals surface area contributed by atoms with E-state index in [0.717, 1.165) is 10.0 Å². The van der Waals surface area contributed by atoms with Gasteiger partial charge in [-0.3, -0.25) is 4.79 Å². The van der Waals surface area contributed by atoms with E-state index in [4.69, 9.17) is 0 Å². The minimum absolute atomic E-state index is 0.213. The molecular formula is C14H11BrFNO. The molecule has 18 heavy (non-hydrogen) atoms. The van der Waals surface area contributed by atoms with Gasteiger partial charge < -0.3 is 5.32 Å². The van der Waals surface area contributed by atoms with Crippen LogP contribution in [0.2, 0.25) is 0 Å². The molecular weight excluding hydrogens is 297 g/mol. The topological polar surface area (TPSA) is 29.1 Å². The lowest BCUT2D eigenvalue weighted by Gasteiger charge is -2.05. The van der Waals surface area contributed by atoms with Gasteiger partial charge in [0.15, 0.2) is 0 Å². The maximum atomic E-state index is 12.7. The van der Waals surface area contributed by atoms with Crippen molar-refractivity contribution in [3.8, 4) is 0 Å². The Morgan fingerprint density at radius 2 is 1.89 bits per heavy atom. The third-order valence-electron chi connectivity index (χ3n) is 2.45. The van der Waals surface area contributed by atoms with Crippen molar-refractivity contribution in [3.63, 3.8) is 0 Å². The van der Waals surface area contributed by atoms with Gasteiger partial charge in [-0.1, -0.05) is 28.1 Å². The highest BCUT2D eigenvalue weighted by Crippen LogP contribution is 2.11. The molecule has 0 spiro atoms. The van der Waals surface area contributed by atoms with Crippen molar-refractivity contribution in [1.82, 2.24) is 5.32 Å². The molecule has 0 aliphatic carbocycles. The van der Waals surface area contributed by atoms with Gasteiger partial charge in [0.05, 0.1) is 0 Å². The number of hydrogen-bond donors (Lipinski definition) is 1. The highest BCUT2D eigenvalue weighted by Gasteiger charge is 2.05. The number of amides is 1. The Kier molecular flexibility index (Phi) is 4.10. The molecule has 0 heterocycles. The lowest BCUT2D eigenvalue weighted by atomic mass is 10.2. The van der Waals surface area contributed by atoms with Crippen LogP contribution in [0.15, 0.2) is 53.0 Å². The molecule has 1 N–H and O–H groups in total. The van der Waals surface area contributed by atoms with Crippen LogP contribution < -0.4 is 5.32 Å². The van der Waals surface area contributed by atoms with E-state index < -0.39 is 0 Å². The maximum absolute atomic E-state index is 12.7. The van der Waals surface area contributed by atoms with Crippen LogP contribution in [0.5, 0.6) is 0 Å². The predicted molar refractivity (Wildman–Crippen MR) is 71.7 cm³/mol. The van der Waals surface area contributed by atoms with Gasteiger partial charge in [0.1, 0.15) is 5.82 Å². The Morgan fingerprint density at radius 3 is 2.56 bits per heavy atom. The van der Waals surface area contributed by atoms with Gasteiger partial charge in [-0.15, -0.1) is 0 Å². The van der Waals surface area contributed by atoms with E-state index in [1.807, 2.05) is 24.3 Å². The minimum atomic E-state index is -0.349. The van der Waals surface area contributed by atoms with Crippen molar-refractivity contribution in [2.24, 2.45) is 0 Å². The largest absolute Gasteiger partial charge is 0.348 e. The van der Waals surface area contributed by atoms with Gasteiger partial charge in [0.2, 0.25) is 0 Å². The Hall–Kier alpha value is -1.68. The quantitative estimate of drug-likeness (QED) is 0.923. The van der Waals surface area contributed by atoms with E-state index in [2.05, 4.69) is 21.2 Å². The smallest absolute Gasteiger partial charge is 0.251 e. The molecule has 0 saturated carbocycles. The molecule has 0 atom stereocenters. The van der Waals surface area contributed by atoms with Gasteiger partial charge in [-0.2, -0.15) is 0 Å². The second kappa shape index (κ2) is 5.78. The zero-order valence-electron chi connectivity index (χ0n) is 9.49. The average molecular weight is 308 g/mol. The number of halogens is 2. The van der Waals surface area contributed by atoms with Crippen molar-refractivity contribution in [2.75, 3.05) is 0 Å². The minimum Gasteiger partial charge on any atom is -0.348 e. The van der Waals surface area contributed by atoms with E-state index in [1.54, 1.807) is 0 Å². The van der Waals surface area contributed by atoms with Crippen LogP contribution in [0.4, 0.5) is 4.39 Å². The van der Waals surface area contributed by atoms with Crippen LogP contribution in [0.3, 0.4) is 0 Å². The lowest BCUT2D eigenvalue weighted by Crippen LogP contribution is -2.22. The van der Waals surface area contributed by atoms with Crippen LogP contribution >= 0.6 is 15.9 Å². The molecule has 2 rings (SSSR count). The van der Waals surface area contributed by atoms with E-state index in [1.165, 1.54) is 24.3 Å². The van der Waals surface area contributed by atoms with Crippen LogP contribution in [0, 0.1) is 5.82 Å². The summed E-state index contributed by atoms with van der Waals surface area (Å²) in [5.74, 6) is -0.562. The van der Waals surface area contributed by atoms with Crippen molar-refractivity contribution < 1.29 is 9.18 Å². The van der Waals surface area contributed by atoms with Crippen molar-refractivity contribution in [3.05, 3.63) is 69.9 Å². The Labute approximate surface area is 113 Å². The van der Waals surface area contributed by atoms with Crippen molar-refractivity contribution >= 4 is 21.8 Å². The zero-order chi connectivity index (χ0) is 13.0. The lowest BCUT2D eigenvalue weighted by molar-refractivity contribution is 0.0951. The number of rotatable bonds is 3. The number of benzene rings is 2. The molecule has 0 aromatic heterocycles. The number of carbonyl (C=O) groups is 1. The van der Waals surface area contributed by atoms with Crippen LogP contribution in [0.1, 0.15) is 15.9 Å². The molecule has 0 saturated heterocycles.